The molecular formula is C19H17ClFN3O. The molecule has 3 rings (SSSR count). The van der Waals surface area contributed by atoms with Crippen molar-refractivity contribution in [2.45, 2.75) is 20.4 Å². The number of hydrogen-bond acceptors (Lipinski definition) is 2. The number of aryl methyl sites for hydroxylation is 2. The van der Waals surface area contributed by atoms with Gasteiger partial charge >= 0.3 is 0 Å². The fourth-order valence-electron chi connectivity index (χ4n) is 2.54. The molecule has 6 heteroatoms. The SMILES string of the molecule is Cc1cccc(C(=O)Nc2cc(C)n(Cc3c(F)cccc3Cl)n2)c1. The summed E-state index contributed by atoms with van der Waals surface area (Å²) < 4.78 is 15.6. The maximum atomic E-state index is 13.9. The summed E-state index contributed by atoms with van der Waals surface area (Å²) in [6.07, 6.45) is 0. The van der Waals surface area contributed by atoms with Gasteiger partial charge in [0.1, 0.15) is 5.82 Å². The third-order valence-corrected chi connectivity index (χ3v) is 4.23. The van der Waals surface area contributed by atoms with Crippen LogP contribution < -0.4 is 5.32 Å². The van der Waals surface area contributed by atoms with Crippen molar-refractivity contribution in [1.82, 2.24) is 9.78 Å². The Morgan fingerprint density at radius 1 is 1.20 bits per heavy atom. The van der Waals surface area contributed by atoms with E-state index in [0.29, 0.717) is 22.0 Å². The lowest BCUT2D eigenvalue weighted by Gasteiger charge is -2.08. The van der Waals surface area contributed by atoms with E-state index in [0.717, 1.165) is 11.3 Å². The molecule has 128 valence electrons. The molecule has 0 aliphatic rings. The molecule has 0 bridgehead atoms. The lowest BCUT2D eigenvalue weighted by atomic mass is 10.1. The average Bonchev–Trinajstić information content (AvgIpc) is 2.90. The maximum Gasteiger partial charge on any atom is 0.256 e. The summed E-state index contributed by atoms with van der Waals surface area (Å²) in [6.45, 7) is 3.95. The molecule has 0 saturated heterocycles. The number of nitrogens with one attached hydrogen (secondary N) is 1. The highest BCUT2D eigenvalue weighted by molar-refractivity contribution is 6.31. The van der Waals surface area contributed by atoms with Gasteiger partial charge in [0.15, 0.2) is 5.82 Å². The van der Waals surface area contributed by atoms with Crippen LogP contribution in [0.4, 0.5) is 10.2 Å². The quantitative estimate of drug-likeness (QED) is 0.742. The fraction of sp³-hybridized carbons (Fsp3) is 0.158. The number of halogens is 2. The summed E-state index contributed by atoms with van der Waals surface area (Å²) in [5.41, 5.74) is 2.72. The molecule has 0 fully saturated rings. The molecular weight excluding hydrogens is 341 g/mol. The molecule has 0 atom stereocenters. The van der Waals surface area contributed by atoms with E-state index >= 15 is 0 Å². The van der Waals surface area contributed by atoms with Gasteiger partial charge in [-0.05, 0) is 38.1 Å². The number of carbonyl (C=O) groups excluding carboxylic acids is 1. The molecule has 25 heavy (non-hydrogen) atoms. The van der Waals surface area contributed by atoms with E-state index in [9.17, 15) is 9.18 Å². The van der Waals surface area contributed by atoms with Crippen LogP contribution in [0.5, 0.6) is 0 Å². The Morgan fingerprint density at radius 3 is 2.68 bits per heavy atom. The molecule has 1 N–H and O–H groups in total. The number of anilines is 1. The summed E-state index contributed by atoms with van der Waals surface area (Å²) >= 11 is 6.07. The Labute approximate surface area is 150 Å². The van der Waals surface area contributed by atoms with Gasteiger partial charge in [-0.3, -0.25) is 9.48 Å². The molecule has 3 aromatic rings. The first-order chi connectivity index (χ1) is 11.9. The maximum absolute atomic E-state index is 13.9. The van der Waals surface area contributed by atoms with E-state index in [4.69, 9.17) is 11.6 Å². The average molecular weight is 358 g/mol. The van der Waals surface area contributed by atoms with Crippen molar-refractivity contribution in [2.75, 3.05) is 5.32 Å². The largest absolute Gasteiger partial charge is 0.305 e. The Morgan fingerprint density at radius 2 is 1.96 bits per heavy atom. The van der Waals surface area contributed by atoms with Gasteiger partial charge in [-0.2, -0.15) is 5.10 Å². The second kappa shape index (κ2) is 7.07. The molecule has 4 nitrogen and oxygen atoms in total. The molecule has 0 radical (unpaired) electrons. The summed E-state index contributed by atoms with van der Waals surface area (Å²) in [5.74, 6) is -0.207. The van der Waals surface area contributed by atoms with Crippen LogP contribution in [0.25, 0.3) is 0 Å². The Hall–Kier alpha value is -2.66. The monoisotopic (exact) mass is 357 g/mol. The Balaban J connectivity index is 1.80. The molecule has 2 aromatic carbocycles. The van der Waals surface area contributed by atoms with Gasteiger partial charge in [0.05, 0.1) is 6.54 Å². The fourth-order valence-corrected chi connectivity index (χ4v) is 2.76. The summed E-state index contributed by atoms with van der Waals surface area (Å²) in [5, 5.41) is 7.45. The molecule has 1 aromatic heterocycles. The highest BCUT2D eigenvalue weighted by Crippen LogP contribution is 2.21. The van der Waals surface area contributed by atoms with Crippen molar-refractivity contribution in [3.05, 3.63) is 81.8 Å². The van der Waals surface area contributed by atoms with Crippen molar-refractivity contribution >= 4 is 23.3 Å². The van der Waals surface area contributed by atoms with Crippen LogP contribution in [0.15, 0.2) is 48.5 Å². The van der Waals surface area contributed by atoms with Gasteiger partial charge < -0.3 is 5.32 Å². The zero-order chi connectivity index (χ0) is 18.0. The first kappa shape index (κ1) is 17.2. The molecule has 1 amide bonds. The number of aromatic nitrogens is 2. The molecule has 0 saturated carbocycles. The van der Waals surface area contributed by atoms with Crippen molar-refractivity contribution in [3.8, 4) is 0 Å². The zero-order valence-electron chi connectivity index (χ0n) is 13.9. The number of carbonyl (C=O) groups is 1. The van der Waals surface area contributed by atoms with E-state index in [-0.39, 0.29) is 18.3 Å². The van der Waals surface area contributed by atoms with Crippen LogP contribution in [0.3, 0.4) is 0 Å². The number of hydrogen-bond donors (Lipinski definition) is 1. The van der Waals surface area contributed by atoms with E-state index in [1.165, 1.54) is 6.07 Å². The van der Waals surface area contributed by atoms with E-state index in [2.05, 4.69) is 10.4 Å². The smallest absolute Gasteiger partial charge is 0.256 e. The second-order valence-electron chi connectivity index (χ2n) is 5.85. The van der Waals surface area contributed by atoms with Gasteiger partial charge in [-0.1, -0.05) is 35.4 Å². The standard InChI is InChI=1S/C19H17ClFN3O/c1-12-5-3-6-14(9-12)19(25)22-18-10-13(2)24(23-18)11-15-16(20)7-4-8-17(15)21/h3-10H,11H2,1-2H3,(H,22,23,25). The third-order valence-electron chi connectivity index (χ3n) is 3.87. The Bertz CT molecular complexity index is 916. The van der Waals surface area contributed by atoms with Crippen molar-refractivity contribution in [2.24, 2.45) is 0 Å². The first-order valence-electron chi connectivity index (χ1n) is 7.79. The van der Waals surface area contributed by atoms with E-state index < -0.39 is 0 Å². The van der Waals surface area contributed by atoms with Crippen LogP contribution >= 0.6 is 11.6 Å². The summed E-state index contributed by atoms with van der Waals surface area (Å²) in [7, 11) is 0. The number of nitrogens with zero attached hydrogens (tertiary/aromatic N) is 2. The second-order valence-corrected chi connectivity index (χ2v) is 6.26. The van der Waals surface area contributed by atoms with Crippen LogP contribution in [-0.4, -0.2) is 15.7 Å². The highest BCUT2D eigenvalue weighted by Gasteiger charge is 2.13. The zero-order valence-corrected chi connectivity index (χ0v) is 14.6. The number of amides is 1. The van der Waals surface area contributed by atoms with Gasteiger partial charge in [0.2, 0.25) is 0 Å². The molecule has 0 unspecified atom stereocenters. The molecule has 0 aliphatic carbocycles. The topological polar surface area (TPSA) is 46.9 Å². The minimum atomic E-state index is -0.382. The van der Waals surface area contributed by atoms with Gasteiger partial charge in [-0.25, -0.2) is 4.39 Å². The van der Waals surface area contributed by atoms with Crippen LogP contribution in [0.1, 0.15) is 27.2 Å². The van der Waals surface area contributed by atoms with Crippen LogP contribution in [0.2, 0.25) is 5.02 Å². The number of benzene rings is 2. The van der Waals surface area contributed by atoms with Gasteiger partial charge in [0, 0.05) is 27.9 Å². The van der Waals surface area contributed by atoms with Crippen LogP contribution in [0, 0.1) is 19.7 Å². The number of rotatable bonds is 4. The normalized spacial score (nSPS) is 10.7. The van der Waals surface area contributed by atoms with Crippen molar-refractivity contribution in [1.29, 1.82) is 0 Å². The van der Waals surface area contributed by atoms with Gasteiger partial charge in [0.25, 0.3) is 5.91 Å². The summed E-state index contributed by atoms with van der Waals surface area (Å²) in [4.78, 5) is 12.3. The van der Waals surface area contributed by atoms with Gasteiger partial charge in [-0.15, -0.1) is 0 Å². The molecule has 1 heterocycles. The van der Waals surface area contributed by atoms with Crippen molar-refractivity contribution < 1.29 is 9.18 Å². The highest BCUT2D eigenvalue weighted by atomic mass is 35.5. The first-order valence-corrected chi connectivity index (χ1v) is 8.17. The molecule has 0 aliphatic heterocycles. The predicted molar refractivity (Wildman–Crippen MR) is 96.6 cm³/mol. The van der Waals surface area contributed by atoms with E-state index in [1.54, 1.807) is 35.0 Å². The minimum absolute atomic E-state index is 0.192. The minimum Gasteiger partial charge on any atom is -0.305 e. The van der Waals surface area contributed by atoms with Crippen LogP contribution in [-0.2, 0) is 6.54 Å². The lowest BCUT2D eigenvalue weighted by Crippen LogP contribution is -2.13. The Kier molecular flexibility index (Phi) is 4.86. The van der Waals surface area contributed by atoms with Crippen molar-refractivity contribution in [3.63, 3.8) is 0 Å². The summed E-state index contributed by atoms with van der Waals surface area (Å²) in [6, 6.07) is 13.6. The third kappa shape index (κ3) is 3.88. The lowest BCUT2D eigenvalue weighted by molar-refractivity contribution is 0.102. The molecule has 0 spiro atoms. The van der Waals surface area contributed by atoms with E-state index in [1.807, 2.05) is 26.0 Å². The predicted octanol–water partition coefficient (Wildman–Crippen LogP) is 4.59.